The number of rotatable bonds is 5. The third-order valence-corrected chi connectivity index (χ3v) is 2.70. The van der Waals surface area contributed by atoms with Crippen molar-refractivity contribution in [2.75, 3.05) is 18.5 Å². The molecule has 0 aliphatic heterocycles. The number of anilines is 1. The molecule has 0 unspecified atom stereocenters. The van der Waals surface area contributed by atoms with Crippen molar-refractivity contribution in [3.05, 3.63) is 46.7 Å². The lowest BCUT2D eigenvalue weighted by Crippen LogP contribution is -2.13. The van der Waals surface area contributed by atoms with Crippen LogP contribution in [0.4, 0.5) is 5.95 Å². The van der Waals surface area contributed by atoms with Gasteiger partial charge in [-0.25, -0.2) is 9.97 Å². The monoisotopic (exact) mass is 277 g/mol. The molecule has 0 fully saturated rings. The SMILES string of the molecule is Cc1cc(C)nc(NCCOc2ccc(Cl)cc2)n1. The number of nitrogens with zero attached hydrogens (tertiary/aromatic N) is 2. The Hall–Kier alpha value is -1.81. The van der Waals surface area contributed by atoms with Crippen LogP contribution in [0.1, 0.15) is 11.4 Å². The van der Waals surface area contributed by atoms with E-state index in [4.69, 9.17) is 16.3 Å². The number of aryl methyl sites for hydroxylation is 2. The van der Waals surface area contributed by atoms with E-state index >= 15 is 0 Å². The summed E-state index contributed by atoms with van der Waals surface area (Å²) >= 11 is 5.80. The number of hydrogen-bond acceptors (Lipinski definition) is 4. The predicted molar refractivity (Wildman–Crippen MR) is 76.9 cm³/mol. The lowest BCUT2D eigenvalue weighted by Gasteiger charge is -2.08. The van der Waals surface area contributed by atoms with Gasteiger partial charge in [0.15, 0.2) is 0 Å². The molecule has 1 N–H and O–H groups in total. The van der Waals surface area contributed by atoms with Crippen LogP contribution in [0.5, 0.6) is 5.75 Å². The maximum absolute atomic E-state index is 5.80. The number of aromatic nitrogens is 2. The Bertz CT molecular complexity index is 523. The van der Waals surface area contributed by atoms with Crippen LogP contribution in [0.15, 0.2) is 30.3 Å². The zero-order valence-electron chi connectivity index (χ0n) is 11.0. The van der Waals surface area contributed by atoms with Gasteiger partial charge in [-0.05, 0) is 44.2 Å². The summed E-state index contributed by atoms with van der Waals surface area (Å²) in [6.45, 7) is 5.08. The zero-order chi connectivity index (χ0) is 13.7. The van der Waals surface area contributed by atoms with E-state index in [0.29, 0.717) is 24.1 Å². The summed E-state index contributed by atoms with van der Waals surface area (Å²) in [6.07, 6.45) is 0. The van der Waals surface area contributed by atoms with E-state index < -0.39 is 0 Å². The van der Waals surface area contributed by atoms with Gasteiger partial charge in [-0.2, -0.15) is 0 Å². The highest BCUT2D eigenvalue weighted by Crippen LogP contribution is 2.15. The highest BCUT2D eigenvalue weighted by Gasteiger charge is 1.99. The number of hydrogen-bond donors (Lipinski definition) is 1. The second-order valence-electron chi connectivity index (χ2n) is 4.20. The van der Waals surface area contributed by atoms with Crippen LogP contribution in [-0.4, -0.2) is 23.1 Å². The summed E-state index contributed by atoms with van der Waals surface area (Å²) in [6, 6.07) is 9.23. The third kappa shape index (κ3) is 4.41. The van der Waals surface area contributed by atoms with Crippen molar-refractivity contribution in [3.63, 3.8) is 0 Å². The largest absolute Gasteiger partial charge is 0.492 e. The Morgan fingerprint density at radius 2 is 1.74 bits per heavy atom. The van der Waals surface area contributed by atoms with Gasteiger partial charge in [0, 0.05) is 16.4 Å². The maximum atomic E-state index is 5.80. The van der Waals surface area contributed by atoms with Gasteiger partial charge in [-0.1, -0.05) is 11.6 Å². The number of benzene rings is 1. The predicted octanol–water partition coefficient (Wildman–Crippen LogP) is 3.24. The molecular formula is C14H16ClN3O. The van der Waals surface area contributed by atoms with Gasteiger partial charge < -0.3 is 10.1 Å². The van der Waals surface area contributed by atoms with Gasteiger partial charge in [-0.15, -0.1) is 0 Å². The van der Waals surface area contributed by atoms with Crippen molar-refractivity contribution >= 4 is 17.5 Å². The van der Waals surface area contributed by atoms with Crippen LogP contribution in [0, 0.1) is 13.8 Å². The van der Waals surface area contributed by atoms with E-state index in [1.54, 1.807) is 12.1 Å². The molecule has 100 valence electrons. The molecule has 0 radical (unpaired) electrons. The highest BCUT2D eigenvalue weighted by atomic mass is 35.5. The summed E-state index contributed by atoms with van der Waals surface area (Å²) in [4.78, 5) is 8.59. The van der Waals surface area contributed by atoms with Crippen LogP contribution in [0.3, 0.4) is 0 Å². The molecular weight excluding hydrogens is 262 g/mol. The van der Waals surface area contributed by atoms with Gasteiger partial charge in [0.25, 0.3) is 0 Å². The average molecular weight is 278 g/mol. The Balaban J connectivity index is 1.79. The molecule has 2 aromatic rings. The van der Waals surface area contributed by atoms with Gasteiger partial charge in [0.1, 0.15) is 12.4 Å². The molecule has 1 aromatic carbocycles. The molecule has 1 heterocycles. The molecule has 0 amide bonds. The van der Waals surface area contributed by atoms with E-state index in [9.17, 15) is 0 Å². The van der Waals surface area contributed by atoms with Crippen LogP contribution in [-0.2, 0) is 0 Å². The van der Waals surface area contributed by atoms with Crippen LogP contribution in [0.25, 0.3) is 0 Å². The molecule has 0 bridgehead atoms. The quantitative estimate of drug-likeness (QED) is 0.853. The van der Waals surface area contributed by atoms with E-state index in [-0.39, 0.29) is 0 Å². The molecule has 1 aromatic heterocycles. The Morgan fingerprint density at radius 3 is 2.37 bits per heavy atom. The summed E-state index contributed by atoms with van der Waals surface area (Å²) in [5.41, 5.74) is 1.90. The van der Waals surface area contributed by atoms with Crippen molar-refractivity contribution < 1.29 is 4.74 Å². The second-order valence-corrected chi connectivity index (χ2v) is 4.64. The van der Waals surface area contributed by atoms with Crippen molar-refractivity contribution in [1.82, 2.24) is 9.97 Å². The van der Waals surface area contributed by atoms with Crippen molar-refractivity contribution in [3.8, 4) is 5.75 Å². The maximum Gasteiger partial charge on any atom is 0.223 e. The smallest absolute Gasteiger partial charge is 0.223 e. The van der Waals surface area contributed by atoms with E-state index in [0.717, 1.165) is 17.1 Å². The van der Waals surface area contributed by atoms with Gasteiger partial charge in [0.05, 0.1) is 6.54 Å². The zero-order valence-corrected chi connectivity index (χ0v) is 11.7. The number of ether oxygens (including phenoxy) is 1. The van der Waals surface area contributed by atoms with Crippen molar-refractivity contribution in [2.45, 2.75) is 13.8 Å². The summed E-state index contributed by atoms with van der Waals surface area (Å²) in [7, 11) is 0. The lowest BCUT2D eigenvalue weighted by molar-refractivity contribution is 0.332. The summed E-state index contributed by atoms with van der Waals surface area (Å²) < 4.78 is 5.57. The number of nitrogens with one attached hydrogen (secondary N) is 1. The van der Waals surface area contributed by atoms with Gasteiger partial charge >= 0.3 is 0 Å². The molecule has 0 aliphatic rings. The Labute approximate surface area is 117 Å². The molecule has 0 spiro atoms. The first-order valence-electron chi connectivity index (χ1n) is 6.08. The standard InChI is InChI=1S/C14H16ClN3O/c1-10-9-11(2)18-14(17-10)16-7-8-19-13-5-3-12(15)4-6-13/h3-6,9H,7-8H2,1-2H3,(H,16,17,18). The second kappa shape index (κ2) is 6.38. The van der Waals surface area contributed by atoms with Crippen LogP contribution in [0.2, 0.25) is 5.02 Å². The molecule has 0 saturated carbocycles. The Kier molecular flexibility index (Phi) is 4.58. The van der Waals surface area contributed by atoms with Gasteiger partial charge in [-0.3, -0.25) is 0 Å². The first-order valence-corrected chi connectivity index (χ1v) is 6.46. The molecule has 0 atom stereocenters. The minimum Gasteiger partial charge on any atom is -0.492 e. The summed E-state index contributed by atoms with van der Waals surface area (Å²) in [5, 5.41) is 3.84. The Morgan fingerprint density at radius 1 is 1.11 bits per heavy atom. The highest BCUT2D eigenvalue weighted by molar-refractivity contribution is 6.30. The van der Waals surface area contributed by atoms with E-state index in [1.807, 2.05) is 32.0 Å². The van der Waals surface area contributed by atoms with Crippen molar-refractivity contribution in [2.24, 2.45) is 0 Å². The van der Waals surface area contributed by atoms with E-state index in [2.05, 4.69) is 15.3 Å². The molecule has 19 heavy (non-hydrogen) atoms. The minimum atomic E-state index is 0.540. The fraction of sp³-hybridized carbons (Fsp3) is 0.286. The first-order chi connectivity index (χ1) is 9.13. The molecule has 0 saturated heterocycles. The topological polar surface area (TPSA) is 47.0 Å². The fourth-order valence-electron chi connectivity index (χ4n) is 1.67. The molecule has 0 aliphatic carbocycles. The average Bonchev–Trinajstić information content (AvgIpc) is 2.36. The summed E-state index contributed by atoms with van der Waals surface area (Å²) in [5.74, 6) is 1.43. The molecule has 2 rings (SSSR count). The molecule has 5 heteroatoms. The number of halogens is 1. The normalized spacial score (nSPS) is 10.3. The van der Waals surface area contributed by atoms with E-state index in [1.165, 1.54) is 0 Å². The van der Waals surface area contributed by atoms with Crippen LogP contribution >= 0.6 is 11.6 Å². The third-order valence-electron chi connectivity index (χ3n) is 2.45. The van der Waals surface area contributed by atoms with Gasteiger partial charge in [0.2, 0.25) is 5.95 Å². The lowest BCUT2D eigenvalue weighted by atomic mass is 10.3. The first kappa shape index (κ1) is 13.6. The molecule has 4 nitrogen and oxygen atoms in total. The van der Waals surface area contributed by atoms with Crippen LogP contribution < -0.4 is 10.1 Å². The fourth-order valence-corrected chi connectivity index (χ4v) is 1.79. The minimum absolute atomic E-state index is 0.540. The van der Waals surface area contributed by atoms with Crippen molar-refractivity contribution in [1.29, 1.82) is 0 Å².